The summed E-state index contributed by atoms with van der Waals surface area (Å²) >= 11 is 6.37. The number of rotatable bonds is 1. The van der Waals surface area contributed by atoms with Crippen molar-refractivity contribution in [2.45, 2.75) is 46.5 Å². The molecule has 0 atom stereocenters. The largest absolute Gasteiger partial charge is 0.0837 e. The van der Waals surface area contributed by atoms with Crippen LogP contribution in [0, 0.1) is 6.92 Å². The first-order chi connectivity index (χ1) is 6.36. The quantitative estimate of drug-likeness (QED) is 0.640. The molecule has 14 heavy (non-hydrogen) atoms. The van der Waals surface area contributed by atoms with Gasteiger partial charge in [-0.05, 0) is 29.9 Å². The molecule has 0 aliphatic rings. The Morgan fingerprint density at radius 3 is 2.21 bits per heavy atom. The van der Waals surface area contributed by atoms with Crippen LogP contribution in [0.5, 0.6) is 0 Å². The van der Waals surface area contributed by atoms with Crippen LogP contribution >= 0.6 is 11.6 Å². The predicted octanol–water partition coefficient (Wildman–Crippen LogP) is 4.51. The van der Waals surface area contributed by atoms with Gasteiger partial charge < -0.3 is 0 Å². The molecule has 0 bridgehead atoms. The van der Waals surface area contributed by atoms with Crippen LogP contribution in [0.1, 0.15) is 44.4 Å². The van der Waals surface area contributed by atoms with E-state index in [0.29, 0.717) is 0 Å². The summed E-state index contributed by atoms with van der Waals surface area (Å²) in [5.41, 5.74) is 3.95. The molecule has 1 aromatic carbocycles. The first kappa shape index (κ1) is 11.6. The van der Waals surface area contributed by atoms with Crippen molar-refractivity contribution in [1.29, 1.82) is 0 Å². The molecule has 1 aromatic rings. The molecule has 0 saturated heterocycles. The van der Waals surface area contributed by atoms with Crippen LogP contribution in [0.25, 0.3) is 0 Å². The molecule has 0 radical (unpaired) electrons. The molecule has 78 valence electrons. The highest BCUT2D eigenvalue weighted by Crippen LogP contribution is 2.33. The van der Waals surface area contributed by atoms with E-state index in [9.17, 15) is 0 Å². The van der Waals surface area contributed by atoms with Gasteiger partial charge in [0.1, 0.15) is 0 Å². The van der Waals surface area contributed by atoms with Gasteiger partial charge in [0, 0.05) is 5.02 Å². The fourth-order valence-electron chi connectivity index (χ4n) is 1.65. The van der Waals surface area contributed by atoms with Gasteiger partial charge in [0.25, 0.3) is 0 Å². The summed E-state index contributed by atoms with van der Waals surface area (Å²) in [5, 5.41) is 0.950. The van der Waals surface area contributed by atoms with E-state index in [0.717, 1.165) is 11.4 Å². The average molecular weight is 211 g/mol. The molecular weight excluding hydrogens is 192 g/mol. The lowest BCUT2D eigenvalue weighted by molar-refractivity contribution is 0.589. The third-order valence-electron chi connectivity index (χ3n) is 2.48. The molecule has 0 aliphatic heterocycles. The Labute approximate surface area is 92.3 Å². The third-order valence-corrected chi connectivity index (χ3v) is 2.93. The zero-order valence-corrected chi connectivity index (χ0v) is 10.5. The predicted molar refractivity (Wildman–Crippen MR) is 64.3 cm³/mol. The number of benzene rings is 1. The number of hydrogen-bond acceptors (Lipinski definition) is 0. The summed E-state index contributed by atoms with van der Waals surface area (Å²) in [4.78, 5) is 0. The second-order valence-electron chi connectivity index (χ2n) is 4.89. The van der Waals surface area contributed by atoms with Crippen LogP contribution in [0.15, 0.2) is 12.1 Å². The monoisotopic (exact) mass is 210 g/mol. The molecule has 0 spiro atoms. The van der Waals surface area contributed by atoms with Crippen molar-refractivity contribution in [2.24, 2.45) is 0 Å². The van der Waals surface area contributed by atoms with Crippen molar-refractivity contribution in [2.75, 3.05) is 0 Å². The van der Waals surface area contributed by atoms with Crippen LogP contribution in [0.2, 0.25) is 5.02 Å². The molecular formula is C13H19Cl. The lowest BCUT2D eigenvalue weighted by Gasteiger charge is -2.22. The fraction of sp³-hybridized carbons (Fsp3) is 0.538. The van der Waals surface area contributed by atoms with E-state index in [4.69, 9.17) is 11.6 Å². The second-order valence-corrected chi connectivity index (χ2v) is 5.27. The lowest BCUT2D eigenvalue weighted by Crippen LogP contribution is -2.13. The fourth-order valence-corrected chi connectivity index (χ4v) is 2.17. The molecule has 0 unspecified atom stereocenters. The van der Waals surface area contributed by atoms with Crippen LogP contribution < -0.4 is 0 Å². The van der Waals surface area contributed by atoms with Crippen molar-refractivity contribution in [3.63, 3.8) is 0 Å². The maximum atomic E-state index is 6.37. The Balaban J connectivity index is 3.37. The van der Waals surface area contributed by atoms with Crippen molar-refractivity contribution in [3.05, 3.63) is 33.8 Å². The van der Waals surface area contributed by atoms with Crippen molar-refractivity contribution in [3.8, 4) is 0 Å². The molecule has 0 fully saturated rings. The first-order valence-corrected chi connectivity index (χ1v) is 5.53. The summed E-state index contributed by atoms with van der Waals surface area (Å²) in [6, 6.07) is 4.37. The Hall–Kier alpha value is -0.490. The molecule has 0 heterocycles. The van der Waals surface area contributed by atoms with Gasteiger partial charge >= 0.3 is 0 Å². The first-order valence-electron chi connectivity index (χ1n) is 5.15. The summed E-state index contributed by atoms with van der Waals surface area (Å²) in [5.74, 6) is 0. The van der Waals surface area contributed by atoms with Gasteiger partial charge in [0.15, 0.2) is 0 Å². The Morgan fingerprint density at radius 1 is 1.21 bits per heavy atom. The van der Waals surface area contributed by atoms with E-state index in [1.54, 1.807) is 0 Å². The van der Waals surface area contributed by atoms with Crippen LogP contribution in [-0.4, -0.2) is 0 Å². The summed E-state index contributed by atoms with van der Waals surface area (Å²) < 4.78 is 0. The highest BCUT2D eigenvalue weighted by atomic mass is 35.5. The zero-order valence-electron chi connectivity index (χ0n) is 9.74. The van der Waals surface area contributed by atoms with Gasteiger partial charge in [-0.1, -0.05) is 57.0 Å². The van der Waals surface area contributed by atoms with Crippen LogP contribution in [-0.2, 0) is 11.8 Å². The summed E-state index contributed by atoms with van der Waals surface area (Å²) in [6.45, 7) is 10.9. The van der Waals surface area contributed by atoms with E-state index < -0.39 is 0 Å². The molecule has 1 heteroatoms. The highest BCUT2D eigenvalue weighted by Gasteiger charge is 2.19. The number of aryl methyl sites for hydroxylation is 2. The molecule has 0 aliphatic carbocycles. The smallest absolute Gasteiger partial charge is 0.0475 e. The van der Waals surface area contributed by atoms with E-state index in [1.165, 1.54) is 16.7 Å². The minimum absolute atomic E-state index is 0.132. The number of halogens is 1. The molecule has 0 saturated carbocycles. The normalized spacial score (nSPS) is 11.9. The van der Waals surface area contributed by atoms with Gasteiger partial charge in [-0.15, -0.1) is 0 Å². The maximum absolute atomic E-state index is 6.37. The topological polar surface area (TPSA) is 0 Å². The van der Waals surface area contributed by atoms with Crippen LogP contribution in [0.4, 0.5) is 0 Å². The Kier molecular flexibility index (Phi) is 3.26. The molecule has 0 amide bonds. The van der Waals surface area contributed by atoms with Gasteiger partial charge in [-0.2, -0.15) is 0 Å². The van der Waals surface area contributed by atoms with E-state index in [-0.39, 0.29) is 5.41 Å². The van der Waals surface area contributed by atoms with E-state index in [2.05, 4.69) is 46.8 Å². The van der Waals surface area contributed by atoms with Gasteiger partial charge in [0.2, 0.25) is 0 Å². The molecule has 0 nitrogen and oxygen atoms in total. The molecule has 1 rings (SSSR count). The third kappa shape index (κ3) is 2.30. The van der Waals surface area contributed by atoms with Gasteiger partial charge in [0.05, 0.1) is 0 Å². The SMILES string of the molecule is CCc1cc(C)cc(C(C)(C)C)c1Cl. The summed E-state index contributed by atoms with van der Waals surface area (Å²) in [7, 11) is 0. The second kappa shape index (κ2) is 3.94. The molecule has 0 aromatic heterocycles. The van der Waals surface area contributed by atoms with E-state index >= 15 is 0 Å². The standard InChI is InChI=1S/C13H19Cl/c1-6-10-7-9(2)8-11(12(10)14)13(3,4)5/h7-8H,6H2,1-5H3. The lowest BCUT2D eigenvalue weighted by atomic mass is 9.84. The maximum Gasteiger partial charge on any atom is 0.0475 e. The van der Waals surface area contributed by atoms with Crippen molar-refractivity contribution in [1.82, 2.24) is 0 Å². The number of hydrogen-bond donors (Lipinski definition) is 0. The van der Waals surface area contributed by atoms with Gasteiger partial charge in [-0.3, -0.25) is 0 Å². The van der Waals surface area contributed by atoms with Crippen LogP contribution in [0.3, 0.4) is 0 Å². The zero-order chi connectivity index (χ0) is 10.9. The van der Waals surface area contributed by atoms with Gasteiger partial charge in [-0.25, -0.2) is 0 Å². The summed E-state index contributed by atoms with van der Waals surface area (Å²) in [6.07, 6.45) is 1.00. The Morgan fingerprint density at radius 2 is 1.79 bits per heavy atom. The highest BCUT2D eigenvalue weighted by molar-refractivity contribution is 6.32. The minimum atomic E-state index is 0.132. The van der Waals surface area contributed by atoms with Crippen molar-refractivity contribution >= 4 is 11.6 Å². The molecule has 0 N–H and O–H groups in total. The average Bonchev–Trinajstić information content (AvgIpc) is 2.06. The van der Waals surface area contributed by atoms with Crippen molar-refractivity contribution < 1.29 is 0 Å². The Bertz CT molecular complexity index is 332. The minimum Gasteiger partial charge on any atom is -0.0837 e. The van der Waals surface area contributed by atoms with E-state index in [1.807, 2.05) is 0 Å².